The quantitative estimate of drug-likeness (QED) is 0.471. The summed E-state index contributed by atoms with van der Waals surface area (Å²) < 4.78 is 27.0. The number of sulfonamides is 1. The highest BCUT2D eigenvalue weighted by atomic mass is 32.2. The number of nitrogens with one attached hydrogen (secondary N) is 3. The van der Waals surface area contributed by atoms with Crippen molar-refractivity contribution in [3.63, 3.8) is 0 Å². The van der Waals surface area contributed by atoms with E-state index >= 15 is 0 Å². The van der Waals surface area contributed by atoms with Crippen molar-refractivity contribution in [3.8, 4) is 0 Å². The highest BCUT2D eigenvalue weighted by molar-refractivity contribution is 7.92. The molecule has 35 heavy (non-hydrogen) atoms. The zero-order valence-corrected chi connectivity index (χ0v) is 20.6. The molecular formula is C24H32N6O4S. The number of aryl methyl sites for hydroxylation is 1. The molecule has 10 nitrogen and oxygen atoms in total. The number of amides is 1. The van der Waals surface area contributed by atoms with Crippen molar-refractivity contribution in [1.29, 1.82) is 0 Å². The Morgan fingerprint density at radius 3 is 2.91 bits per heavy atom. The van der Waals surface area contributed by atoms with Gasteiger partial charge < -0.3 is 20.6 Å². The van der Waals surface area contributed by atoms with Gasteiger partial charge in [-0.2, -0.15) is 4.98 Å². The third-order valence-electron chi connectivity index (χ3n) is 6.06. The van der Waals surface area contributed by atoms with Crippen molar-refractivity contribution in [2.24, 2.45) is 5.92 Å². The second-order valence-corrected chi connectivity index (χ2v) is 10.8. The van der Waals surface area contributed by atoms with Crippen molar-refractivity contribution < 1.29 is 18.3 Å². The second-order valence-electron chi connectivity index (χ2n) is 8.93. The third kappa shape index (κ3) is 6.70. The number of rotatable bonds is 4. The van der Waals surface area contributed by atoms with E-state index < -0.39 is 22.4 Å². The van der Waals surface area contributed by atoms with Crippen molar-refractivity contribution in [2.75, 3.05) is 52.2 Å². The Bertz CT molecular complexity index is 1200. The Morgan fingerprint density at radius 2 is 2.09 bits per heavy atom. The van der Waals surface area contributed by atoms with Gasteiger partial charge in [-0.05, 0) is 56.7 Å². The molecular weight excluding hydrogens is 468 g/mol. The van der Waals surface area contributed by atoms with E-state index in [4.69, 9.17) is 5.11 Å². The van der Waals surface area contributed by atoms with Crippen LogP contribution in [0, 0.1) is 12.8 Å². The first-order valence-electron chi connectivity index (χ1n) is 11.9. The first-order valence-corrected chi connectivity index (χ1v) is 13.5. The van der Waals surface area contributed by atoms with Gasteiger partial charge in [-0.1, -0.05) is 12.2 Å². The molecule has 1 saturated heterocycles. The number of aliphatic hydroxyl groups is 1. The molecule has 4 N–H and O–H groups in total. The molecule has 0 aliphatic carbocycles. The lowest BCUT2D eigenvalue weighted by molar-refractivity contribution is 0.102. The highest BCUT2D eigenvalue weighted by Crippen LogP contribution is 2.31. The van der Waals surface area contributed by atoms with E-state index in [1.165, 1.54) is 0 Å². The van der Waals surface area contributed by atoms with E-state index in [0.717, 1.165) is 44.5 Å². The van der Waals surface area contributed by atoms with Gasteiger partial charge in [0.25, 0.3) is 5.91 Å². The van der Waals surface area contributed by atoms with E-state index in [-0.39, 0.29) is 5.91 Å². The minimum absolute atomic E-state index is 0.331. The molecule has 2 aliphatic heterocycles. The number of benzene rings is 1. The Labute approximate surface area is 205 Å². The summed E-state index contributed by atoms with van der Waals surface area (Å²) in [5, 5.41) is 15.1. The van der Waals surface area contributed by atoms with Gasteiger partial charge in [-0.3, -0.25) is 9.52 Å². The van der Waals surface area contributed by atoms with Crippen LogP contribution in [0.15, 0.2) is 36.4 Å². The van der Waals surface area contributed by atoms with Gasteiger partial charge in [0.1, 0.15) is 5.82 Å². The summed E-state index contributed by atoms with van der Waals surface area (Å²) in [7, 11) is -3.69. The predicted molar refractivity (Wildman–Crippen MR) is 137 cm³/mol. The van der Waals surface area contributed by atoms with Crippen molar-refractivity contribution >= 4 is 39.1 Å². The summed E-state index contributed by atoms with van der Waals surface area (Å²) in [6.07, 6.45) is 8.23. The lowest BCUT2D eigenvalue weighted by Crippen LogP contribution is -2.36. The first-order chi connectivity index (χ1) is 16.8. The maximum atomic E-state index is 13.4. The lowest BCUT2D eigenvalue weighted by Gasteiger charge is -2.35. The molecule has 4 bridgehead atoms. The summed E-state index contributed by atoms with van der Waals surface area (Å²) in [4.78, 5) is 24.4. The Balaban J connectivity index is 1.72. The molecule has 11 heteroatoms. The first kappa shape index (κ1) is 24.9. The zero-order valence-electron chi connectivity index (χ0n) is 19.8. The van der Waals surface area contributed by atoms with E-state index in [1.54, 1.807) is 24.3 Å². The fourth-order valence-corrected chi connectivity index (χ4v) is 5.27. The van der Waals surface area contributed by atoms with Crippen LogP contribution in [0.4, 0.5) is 23.1 Å². The van der Waals surface area contributed by atoms with Crippen LogP contribution in [0.5, 0.6) is 0 Å². The Morgan fingerprint density at radius 1 is 1.23 bits per heavy atom. The molecule has 0 saturated carbocycles. The maximum Gasteiger partial charge on any atom is 0.258 e. The monoisotopic (exact) mass is 500 g/mol. The van der Waals surface area contributed by atoms with Crippen LogP contribution in [-0.4, -0.2) is 61.4 Å². The number of carbonyl (C=O) groups excluding carboxylic acids is 1. The topological polar surface area (TPSA) is 137 Å². The van der Waals surface area contributed by atoms with Crippen molar-refractivity contribution in [3.05, 3.63) is 47.7 Å². The number of hydrogen-bond acceptors (Lipinski definition) is 8. The van der Waals surface area contributed by atoms with Gasteiger partial charge in [0, 0.05) is 31.4 Å². The molecule has 0 unspecified atom stereocenters. The largest absolute Gasteiger partial charge is 0.395 e. The minimum atomic E-state index is -3.69. The van der Waals surface area contributed by atoms with Crippen LogP contribution in [0.1, 0.15) is 41.7 Å². The molecule has 1 amide bonds. The summed E-state index contributed by atoms with van der Waals surface area (Å²) in [5.74, 6) is 0.554. The highest BCUT2D eigenvalue weighted by Gasteiger charge is 2.25. The Hall–Kier alpha value is -3.18. The average molecular weight is 501 g/mol. The normalized spacial score (nSPS) is 19.8. The van der Waals surface area contributed by atoms with Gasteiger partial charge >= 0.3 is 0 Å². The van der Waals surface area contributed by atoms with Gasteiger partial charge in [-0.15, -0.1) is 0 Å². The van der Waals surface area contributed by atoms with Crippen LogP contribution >= 0.6 is 0 Å². The summed E-state index contributed by atoms with van der Waals surface area (Å²) in [6.45, 7) is 3.61. The molecule has 4 rings (SSSR count). The van der Waals surface area contributed by atoms with Gasteiger partial charge in [-0.25, -0.2) is 13.4 Å². The van der Waals surface area contributed by atoms with Crippen LogP contribution in [0.2, 0.25) is 0 Å². The number of nitrogens with zero attached hydrogens (tertiary/aromatic N) is 3. The number of fused-ring (bicyclic) bond motifs is 6. The molecule has 0 radical (unpaired) electrons. The number of aliphatic hydroxyl groups excluding tert-OH is 1. The molecule has 2 aromatic rings. The number of allylic oxidation sites excluding steroid dienone is 1. The van der Waals surface area contributed by atoms with Crippen molar-refractivity contribution in [1.82, 2.24) is 9.97 Å². The van der Waals surface area contributed by atoms with Crippen LogP contribution < -0.4 is 20.3 Å². The molecule has 3 heterocycles. The fraction of sp³-hybridized carbons (Fsp3) is 0.458. The fourth-order valence-electron chi connectivity index (χ4n) is 4.44. The number of aromatic nitrogens is 2. The summed E-state index contributed by atoms with van der Waals surface area (Å²) in [5.41, 5.74) is 2.17. The predicted octanol–water partition coefficient (Wildman–Crippen LogP) is 2.75. The average Bonchev–Trinajstić information content (AvgIpc) is 2.80. The molecule has 1 atom stereocenters. The van der Waals surface area contributed by atoms with E-state index in [0.29, 0.717) is 41.2 Å². The molecule has 1 aromatic carbocycles. The number of piperidine rings is 1. The van der Waals surface area contributed by atoms with E-state index in [9.17, 15) is 13.2 Å². The molecule has 188 valence electrons. The van der Waals surface area contributed by atoms with Crippen LogP contribution in [-0.2, 0) is 10.0 Å². The molecule has 1 fully saturated rings. The van der Waals surface area contributed by atoms with Crippen LogP contribution in [0.3, 0.4) is 0 Å². The van der Waals surface area contributed by atoms with Crippen molar-refractivity contribution in [2.45, 2.75) is 32.6 Å². The van der Waals surface area contributed by atoms with Gasteiger partial charge in [0.2, 0.25) is 16.0 Å². The van der Waals surface area contributed by atoms with Gasteiger partial charge in [0.05, 0.1) is 29.3 Å². The summed E-state index contributed by atoms with van der Waals surface area (Å²) >= 11 is 0. The summed E-state index contributed by atoms with van der Waals surface area (Å²) in [6, 6.07) is 6.60. The Kier molecular flexibility index (Phi) is 7.86. The maximum absolute atomic E-state index is 13.4. The molecule has 1 aromatic heterocycles. The number of hydrogen-bond donors (Lipinski definition) is 4. The zero-order chi connectivity index (χ0) is 24.8. The molecule has 0 spiro atoms. The standard InChI is InChI=1S/C24H32N6O4S/c1-17-14-22-27-23(32)20-9-8-19(29-35(33,34)13-12-31)15-21(20)30-11-5-7-18(16-30)6-3-2-4-10-25-24(26-17)28-22/h2-3,8-9,14-15,18,29,31H,4-7,10-13,16H2,1H3,(H2,25,26,27,28,32)/b3-2-/t18-/m0/s1. The van der Waals surface area contributed by atoms with Gasteiger partial charge in [0.15, 0.2) is 0 Å². The lowest BCUT2D eigenvalue weighted by atomic mass is 9.93. The third-order valence-corrected chi connectivity index (χ3v) is 7.33. The second kappa shape index (κ2) is 11.0. The minimum Gasteiger partial charge on any atom is -0.395 e. The number of carbonyl (C=O) groups is 1. The SMILES string of the molecule is Cc1cc2nc(n1)NCC/C=C\C[C@H]1CCCN(C1)c1cc(NS(=O)(=O)CCO)ccc1C(=O)N2. The molecule has 2 aliphatic rings. The number of anilines is 4. The smallest absolute Gasteiger partial charge is 0.258 e. The van der Waals surface area contributed by atoms with E-state index in [1.807, 2.05) is 6.92 Å². The van der Waals surface area contributed by atoms with E-state index in [2.05, 4.69) is 42.4 Å². The van der Waals surface area contributed by atoms with Crippen LogP contribution in [0.25, 0.3) is 0 Å².